The number of alkyl halides is 3. The third-order valence-electron chi connectivity index (χ3n) is 3.05. The minimum atomic E-state index is -4.40. The summed E-state index contributed by atoms with van der Waals surface area (Å²) in [5.74, 6) is -0.652. The maximum atomic E-state index is 13.3. The molecule has 0 fully saturated rings. The standard InChI is InChI=1S/C15H11ClF4O/c16-14-11(2-1-3-12(14)17)13(21)8-9-4-6-10(7-5-9)15(18,19)20/h1-7,13,21H,8H2. The summed E-state index contributed by atoms with van der Waals surface area (Å²) in [7, 11) is 0. The maximum Gasteiger partial charge on any atom is 0.416 e. The van der Waals surface area contributed by atoms with Gasteiger partial charge in [0, 0.05) is 12.0 Å². The van der Waals surface area contributed by atoms with Crippen molar-refractivity contribution in [1.29, 1.82) is 0 Å². The molecular weight excluding hydrogens is 308 g/mol. The Kier molecular flexibility index (Phi) is 4.54. The van der Waals surface area contributed by atoms with Crippen LogP contribution in [0, 0.1) is 5.82 Å². The smallest absolute Gasteiger partial charge is 0.388 e. The van der Waals surface area contributed by atoms with Gasteiger partial charge in [0.05, 0.1) is 16.7 Å². The lowest BCUT2D eigenvalue weighted by atomic mass is 10.0. The Morgan fingerprint density at radius 1 is 1.05 bits per heavy atom. The van der Waals surface area contributed by atoms with Crippen LogP contribution >= 0.6 is 11.6 Å². The SMILES string of the molecule is OC(Cc1ccc(C(F)(F)F)cc1)c1cccc(F)c1Cl. The molecule has 2 rings (SSSR count). The van der Waals surface area contributed by atoms with Gasteiger partial charge in [0.1, 0.15) is 5.82 Å². The van der Waals surface area contributed by atoms with Crippen molar-refractivity contribution in [3.8, 4) is 0 Å². The summed E-state index contributed by atoms with van der Waals surface area (Å²) < 4.78 is 50.6. The Bertz CT molecular complexity index is 623. The molecule has 1 nitrogen and oxygen atoms in total. The summed E-state index contributed by atoms with van der Waals surface area (Å²) in [6.07, 6.45) is -5.45. The van der Waals surface area contributed by atoms with Crippen LogP contribution < -0.4 is 0 Å². The van der Waals surface area contributed by atoms with E-state index in [9.17, 15) is 22.7 Å². The van der Waals surface area contributed by atoms with Gasteiger partial charge < -0.3 is 5.11 Å². The summed E-state index contributed by atoms with van der Waals surface area (Å²) in [6.45, 7) is 0. The molecule has 0 heterocycles. The fourth-order valence-electron chi connectivity index (χ4n) is 1.94. The van der Waals surface area contributed by atoms with Crippen molar-refractivity contribution >= 4 is 11.6 Å². The lowest BCUT2D eigenvalue weighted by molar-refractivity contribution is -0.137. The number of hydrogen-bond donors (Lipinski definition) is 1. The molecule has 21 heavy (non-hydrogen) atoms. The summed E-state index contributed by atoms with van der Waals surface area (Å²) in [4.78, 5) is 0. The zero-order valence-corrected chi connectivity index (χ0v) is 11.4. The largest absolute Gasteiger partial charge is 0.416 e. The van der Waals surface area contributed by atoms with Crippen LogP contribution in [-0.4, -0.2) is 5.11 Å². The number of aliphatic hydroxyl groups excluding tert-OH is 1. The molecular formula is C15H11ClF4O. The summed E-state index contributed by atoms with van der Waals surface area (Å²) >= 11 is 5.76. The van der Waals surface area contributed by atoms with Gasteiger partial charge in [-0.1, -0.05) is 35.9 Å². The van der Waals surface area contributed by atoms with E-state index in [2.05, 4.69) is 0 Å². The minimum Gasteiger partial charge on any atom is -0.388 e. The van der Waals surface area contributed by atoms with Crippen molar-refractivity contribution in [2.24, 2.45) is 0 Å². The van der Waals surface area contributed by atoms with Crippen molar-refractivity contribution in [2.75, 3.05) is 0 Å². The molecule has 0 bridgehead atoms. The quantitative estimate of drug-likeness (QED) is 0.808. The van der Waals surface area contributed by atoms with Crippen molar-refractivity contribution in [1.82, 2.24) is 0 Å². The molecule has 112 valence electrons. The highest BCUT2D eigenvalue weighted by molar-refractivity contribution is 6.31. The van der Waals surface area contributed by atoms with Crippen LogP contribution in [-0.2, 0) is 12.6 Å². The van der Waals surface area contributed by atoms with Crippen LogP contribution in [0.3, 0.4) is 0 Å². The second-order valence-corrected chi connectivity index (χ2v) is 4.94. The zero-order chi connectivity index (χ0) is 15.6. The fraction of sp³-hybridized carbons (Fsp3) is 0.200. The van der Waals surface area contributed by atoms with Crippen LogP contribution in [0.2, 0.25) is 5.02 Å². The molecule has 1 unspecified atom stereocenters. The van der Waals surface area contributed by atoms with Crippen LogP contribution in [0.1, 0.15) is 22.8 Å². The molecule has 0 saturated heterocycles. The Balaban J connectivity index is 2.16. The number of rotatable bonds is 3. The zero-order valence-electron chi connectivity index (χ0n) is 10.7. The summed E-state index contributed by atoms with van der Waals surface area (Å²) in [5.41, 5.74) is -0.0584. The number of hydrogen-bond acceptors (Lipinski definition) is 1. The predicted octanol–water partition coefficient (Wildman–Crippen LogP) is 4.77. The normalized spacial score (nSPS) is 13.2. The van der Waals surface area contributed by atoms with Gasteiger partial charge >= 0.3 is 6.18 Å². The third-order valence-corrected chi connectivity index (χ3v) is 3.45. The molecule has 0 saturated carbocycles. The van der Waals surface area contributed by atoms with Gasteiger partial charge in [-0.25, -0.2) is 4.39 Å². The van der Waals surface area contributed by atoms with E-state index < -0.39 is 23.7 Å². The van der Waals surface area contributed by atoms with Gasteiger partial charge in [-0.3, -0.25) is 0 Å². The summed E-state index contributed by atoms with van der Waals surface area (Å²) in [5, 5.41) is 9.85. The van der Waals surface area contributed by atoms with E-state index in [4.69, 9.17) is 11.6 Å². The lowest BCUT2D eigenvalue weighted by Gasteiger charge is -2.14. The van der Waals surface area contributed by atoms with Gasteiger partial charge in [-0.05, 0) is 23.8 Å². The second-order valence-electron chi connectivity index (χ2n) is 4.56. The molecule has 0 spiro atoms. The summed E-state index contributed by atoms with van der Waals surface area (Å²) in [6, 6.07) is 8.48. The first-order valence-electron chi connectivity index (χ1n) is 6.07. The molecule has 0 amide bonds. The molecule has 6 heteroatoms. The fourth-order valence-corrected chi connectivity index (χ4v) is 2.19. The molecule has 1 atom stereocenters. The van der Waals surface area contributed by atoms with Crippen LogP contribution in [0.4, 0.5) is 17.6 Å². The first kappa shape index (κ1) is 15.8. The van der Waals surface area contributed by atoms with E-state index in [-0.39, 0.29) is 17.0 Å². The van der Waals surface area contributed by atoms with E-state index in [1.807, 2.05) is 0 Å². The highest BCUT2D eigenvalue weighted by atomic mass is 35.5. The third kappa shape index (κ3) is 3.74. The Labute approximate surface area is 123 Å². The average molecular weight is 319 g/mol. The molecule has 0 aliphatic carbocycles. The number of benzene rings is 2. The maximum absolute atomic E-state index is 13.3. The van der Waals surface area contributed by atoms with Crippen molar-refractivity contribution in [2.45, 2.75) is 18.7 Å². The lowest BCUT2D eigenvalue weighted by Crippen LogP contribution is -2.06. The van der Waals surface area contributed by atoms with Crippen LogP contribution in [0.5, 0.6) is 0 Å². The molecule has 0 aliphatic heterocycles. The van der Waals surface area contributed by atoms with Crippen molar-refractivity contribution in [3.63, 3.8) is 0 Å². The predicted molar refractivity (Wildman–Crippen MR) is 71.5 cm³/mol. The minimum absolute atomic E-state index is 0.0430. The number of aliphatic hydroxyl groups is 1. The van der Waals surface area contributed by atoms with E-state index in [1.165, 1.54) is 24.3 Å². The Hall–Kier alpha value is -1.59. The van der Waals surface area contributed by atoms with Crippen molar-refractivity contribution in [3.05, 3.63) is 70.0 Å². The molecule has 0 aromatic heterocycles. The van der Waals surface area contributed by atoms with E-state index >= 15 is 0 Å². The van der Waals surface area contributed by atoms with Crippen LogP contribution in [0.15, 0.2) is 42.5 Å². The van der Waals surface area contributed by atoms with Gasteiger partial charge in [0.2, 0.25) is 0 Å². The topological polar surface area (TPSA) is 20.2 Å². The van der Waals surface area contributed by atoms with Gasteiger partial charge in [0.25, 0.3) is 0 Å². The molecule has 2 aromatic rings. The second kappa shape index (κ2) is 6.03. The molecule has 0 radical (unpaired) electrons. The van der Waals surface area contributed by atoms with Crippen LogP contribution in [0.25, 0.3) is 0 Å². The van der Waals surface area contributed by atoms with E-state index in [0.717, 1.165) is 18.2 Å². The highest BCUT2D eigenvalue weighted by Gasteiger charge is 2.30. The van der Waals surface area contributed by atoms with Gasteiger partial charge in [-0.2, -0.15) is 13.2 Å². The first-order chi connectivity index (χ1) is 9.79. The molecule has 0 aliphatic rings. The Morgan fingerprint density at radius 3 is 2.24 bits per heavy atom. The monoisotopic (exact) mass is 318 g/mol. The van der Waals surface area contributed by atoms with E-state index in [0.29, 0.717) is 5.56 Å². The van der Waals surface area contributed by atoms with E-state index in [1.54, 1.807) is 0 Å². The highest BCUT2D eigenvalue weighted by Crippen LogP contribution is 2.31. The Morgan fingerprint density at radius 2 is 1.67 bits per heavy atom. The first-order valence-corrected chi connectivity index (χ1v) is 6.45. The van der Waals surface area contributed by atoms with Gasteiger partial charge in [-0.15, -0.1) is 0 Å². The molecule has 2 aromatic carbocycles. The average Bonchev–Trinajstić information content (AvgIpc) is 2.41. The molecule has 1 N–H and O–H groups in total. The number of halogens is 5. The van der Waals surface area contributed by atoms with Gasteiger partial charge in [0.15, 0.2) is 0 Å². The van der Waals surface area contributed by atoms with Crippen molar-refractivity contribution < 1.29 is 22.7 Å².